The second-order valence-corrected chi connectivity index (χ2v) is 6.49. The Hall–Kier alpha value is -3.37. The van der Waals surface area contributed by atoms with Crippen LogP contribution in [0.3, 0.4) is 0 Å². The first-order chi connectivity index (χ1) is 14.1. The summed E-state index contributed by atoms with van der Waals surface area (Å²) in [5, 5.41) is 0.602. The SMILES string of the molecule is CCOC(=O)C=Cc1ccc(C(=O)C=Cc2ccc(-c3ccccc3Cl)o2)cc1. The van der Waals surface area contributed by atoms with E-state index >= 15 is 0 Å². The Bertz CT molecular complexity index is 1060. The van der Waals surface area contributed by atoms with Gasteiger partial charge in [-0.1, -0.05) is 48.0 Å². The van der Waals surface area contributed by atoms with E-state index in [1.54, 1.807) is 55.5 Å². The number of carbonyl (C=O) groups is 2. The third-order valence-electron chi connectivity index (χ3n) is 4.06. The zero-order valence-corrected chi connectivity index (χ0v) is 16.6. The molecule has 146 valence electrons. The molecule has 3 rings (SSSR count). The molecule has 0 spiro atoms. The first kappa shape index (κ1) is 20.4. The second kappa shape index (κ2) is 9.71. The summed E-state index contributed by atoms with van der Waals surface area (Å²) in [5.41, 5.74) is 2.13. The molecule has 4 nitrogen and oxygen atoms in total. The standard InChI is InChI=1S/C24H19ClO4/c1-2-28-24(27)16-9-17-7-10-18(11-8-17)22(26)14-12-19-13-15-23(29-19)20-5-3-4-6-21(20)25/h3-16H,2H2,1H3. The highest BCUT2D eigenvalue weighted by Crippen LogP contribution is 2.29. The van der Waals surface area contributed by atoms with Gasteiger partial charge in [0.05, 0.1) is 11.6 Å². The van der Waals surface area contributed by atoms with E-state index < -0.39 is 5.97 Å². The van der Waals surface area contributed by atoms with Crippen LogP contribution in [0.1, 0.15) is 28.6 Å². The zero-order chi connectivity index (χ0) is 20.6. The summed E-state index contributed by atoms with van der Waals surface area (Å²) in [6, 6.07) is 17.9. The molecule has 2 aromatic carbocycles. The number of ketones is 1. The third-order valence-corrected chi connectivity index (χ3v) is 4.39. The molecular formula is C24H19ClO4. The molecule has 1 aromatic heterocycles. The van der Waals surface area contributed by atoms with E-state index in [9.17, 15) is 9.59 Å². The molecule has 29 heavy (non-hydrogen) atoms. The number of hydrogen-bond donors (Lipinski definition) is 0. The molecule has 0 unspecified atom stereocenters. The predicted octanol–water partition coefficient (Wildman–Crippen LogP) is 6.07. The van der Waals surface area contributed by atoms with Gasteiger partial charge in [-0.3, -0.25) is 4.79 Å². The largest absolute Gasteiger partial charge is 0.463 e. The monoisotopic (exact) mass is 406 g/mol. The minimum atomic E-state index is -0.398. The van der Waals surface area contributed by atoms with Crippen molar-refractivity contribution in [2.75, 3.05) is 6.61 Å². The molecule has 0 atom stereocenters. The highest BCUT2D eigenvalue weighted by atomic mass is 35.5. The van der Waals surface area contributed by atoms with Crippen molar-refractivity contribution in [2.45, 2.75) is 6.92 Å². The number of hydrogen-bond acceptors (Lipinski definition) is 4. The number of esters is 1. The number of furan rings is 1. The van der Waals surface area contributed by atoms with E-state index in [0.717, 1.165) is 11.1 Å². The molecule has 0 fully saturated rings. The molecule has 0 saturated heterocycles. The van der Waals surface area contributed by atoms with Gasteiger partial charge in [-0.15, -0.1) is 0 Å². The topological polar surface area (TPSA) is 56.5 Å². The van der Waals surface area contributed by atoms with Crippen LogP contribution in [0.25, 0.3) is 23.5 Å². The van der Waals surface area contributed by atoms with Crippen LogP contribution in [0, 0.1) is 0 Å². The maximum Gasteiger partial charge on any atom is 0.330 e. The van der Waals surface area contributed by atoms with Gasteiger partial charge in [-0.25, -0.2) is 4.79 Å². The van der Waals surface area contributed by atoms with Crippen LogP contribution in [0.5, 0.6) is 0 Å². The smallest absolute Gasteiger partial charge is 0.330 e. The lowest BCUT2D eigenvalue weighted by molar-refractivity contribution is -0.137. The van der Waals surface area contributed by atoms with E-state index in [0.29, 0.717) is 28.7 Å². The predicted molar refractivity (Wildman–Crippen MR) is 115 cm³/mol. The van der Waals surface area contributed by atoms with Gasteiger partial charge in [-0.2, -0.15) is 0 Å². The van der Waals surface area contributed by atoms with Gasteiger partial charge in [0.1, 0.15) is 11.5 Å². The Morgan fingerprint density at radius 1 is 0.966 bits per heavy atom. The van der Waals surface area contributed by atoms with E-state index in [1.807, 2.05) is 24.3 Å². The van der Waals surface area contributed by atoms with E-state index in [-0.39, 0.29) is 5.78 Å². The fraction of sp³-hybridized carbons (Fsp3) is 0.0833. The molecule has 0 radical (unpaired) electrons. The molecule has 0 amide bonds. The molecule has 0 N–H and O–H groups in total. The number of allylic oxidation sites excluding steroid dienone is 1. The van der Waals surface area contributed by atoms with Gasteiger partial charge < -0.3 is 9.15 Å². The van der Waals surface area contributed by atoms with Gasteiger partial charge in [0.2, 0.25) is 0 Å². The lowest BCUT2D eigenvalue weighted by Crippen LogP contribution is -1.98. The maximum absolute atomic E-state index is 12.4. The Kier molecular flexibility index (Phi) is 6.82. The van der Waals surface area contributed by atoms with Crippen LogP contribution in [0.2, 0.25) is 5.02 Å². The highest BCUT2D eigenvalue weighted by Gasteiger charge is 2.07. The molecule has 0 saturated carbocycles. The minimum absolute atomic E-state index is 0.151. The Balaban J connectivity index is 1.65. The summed E-state index contributed by atoms with van der Waals surface area (Å²) in [4.78, 5) is 23.7. The second-order valence-electron chi connectivity index (χ2n) is 6.09. The van der Waals surface area contributed by atoms with Crippen molar-refractivity contribution in [3.05, 3.63) is 94.7 Å². The number of benzene rings is 2. The molecule has 5 heteroatoms. The van der Waals surface area contributed by atoms with Gasteiger partial charge in [0.25, 0.3) is 0 Å². The zero-order valence-electron chi connectivity index (χ0n) is 15.8. The van der Waals surface area contributed by atoms with Crippen LogP contribution in [0.15, 0.2) is 77.2 Å². The van der Waals surface area contributed by atoms with Crippen LogP contribution in [0.4, 0.5) is 0 Å². The normalized spacial score (nSPS) is 11.2. The molecule has 1 heterocycles. The molecule has 0 aliphatic carbocycles. The quantitative estimate of drug-likeness (QED) is 0.271. The van der Waals surface area contributed by atoms with Crippen molar-refractivity contribution in [3.63, 3.8) is 0 Å². The Morgan fingerprint density at radius 2 is 1.72 bits per heavy atom. The van der Waals surface area contributed by atoms with Gasteiger partial charge in [0.15, 0.2) is 5.78 Å². The van der Waals surface area contributed by atoms with E-state index in [1.165, 1.54) is 12.2 Å². The summed E-state index contributed by atoms with van der Waals surface area (Å²) in [7, 11) is 0. The first-order valence-electron chi connectivity index (χ1n) is 9.09. The lowest BCUT2D eigenvalue weighted by Gasteiger charge is -1.99. The molecule has 0 bridgehead atoms. The minimum Gasteiger partial charge on any atom is -0.463 e. The fourth-order valence-corrected chi connectivity index (χ4v) is 2.84. The maximum atomic E-state index is 12.4. The van der Waals surface area contributed by atoms with Crippen LogP contribution >= 0.6 is 11.6 Å². The number of ether oxygens (including phenoxy) is 1. The lowest BCUT2D eigenvalue weighted by atomic mass is 10.1. The summed E-state index contributed by atoms with van der Waals surface area (Å²) in [6.45, 7) is 2.08. The van der Waals surface area contributed by atoms with Gasteiger partial charge in [-0.05, 0) is 55.0 Å². The average molecular weight is 407 g/mol. The Labute approximate surface area is 174 Å². The molecular weight excluding hydrogens is 388 g/mol. The number of halogens is 1. The Morgan fingerprint density at radius 3 is 2.45 bits per heavy atom. The van der Waals surface area contributed by atoms with Crippen LogP contribution < -0.4 is 0 Å². The van der Waals surface area contributed by atoms with E-state index in [4.69, 9.17) is 20.8 Å². The van der Waals surface area contributed by atoms with Gasteiger partial charge in [0, 0.05) is 17.2 Å². The summed E-state index contributed by atoms with van der Waals surface area (Å²) in [6.07, 6.45) is 6.07. The van der Waals surface area contributed by atoms with Crippen molar-refractivity contribution in [1.29, 1.82) is 0 Å². The van der Waals surface area contributed by atoms with Crippen LogP contribution in [-0.4, -0.2) is 18.4 Å². The van der Waals surface area contributed by atoms with E-state index in [2.05, 4.69) is 0 Å². The number of carbonyl (C=O) groups excluding carboxylic acids is 2. The highest BCUT2D eigenvalue weighted by molar-refractivity contribution is 6.33. The summed E-state index contributed by atoms with van der Waals surface area (Å²) in [5.74, 6) is 0.648. The first-order valence-corrected chi connectivity index (χ1v) is 9.46. The number of rotatable bonds is 7. The third kappa shape index (κ3) is 5.56. The molecule has 0 aliphatic heterocycles. The van der Waals surface area contributed by atoms with Crippen molar-refractivity contribution < 1.29 is 18.7 Å². The fourth-order valence-electron chi connectivity index (χ4n) is 2.62. The van der Waals surface area contributed by atoms with Crippen LogP contribution in [-0.2, 0) is 9.53 Å². The van der Waals surface area contributed by atoms with Crippen molar-refractivity contribution in [2.24, 2.45) is 0 Å². The molecule has 0 aliphatic rings. The van der Waals surface area contributed by atoms with Crippen molar-refractivity contribution in [1.82, 2.24) is 0 Å². The summed E-state index contributed by atoms with van der Waals surface area (Å²) >= 11 is 6.18. The average Bonchev–Trinajstić information content (AvgIpc) is 3.20. The summed E-state index contributed by atoms with van der Waals surface area (Å²) < 4.78 is 10.6. The molecule has 3 aromatic rings. The van der Waals surface area contributed by atoms with Crippen molar-refractivity contribution in [3.8, 4) is 11.3 Å². The van der Waals surface area contributed by atoms with Gasteiger partial charge >= 0.3 is 5.97 Å². The van der Waals surface area contributed by atoms with Crippen molar-refractivity contribution >= 4 is 35.5 Å².